The summed E-state index contributed by atoms with van der Waals surface area (Å²) in [5.74, 6) is 0.601. The number of carbonyl (C=O) groups is 1. The van der Waals surface area contributed by atoms with Crippen LogP contribution in [0.5, 0.6) is 0 Å². The van der Waals surface area contributed by atoms with Gasteiger partial charge in [-0.1, -0.05) is 49.4 Å². The van der Waals surface area contributed by atoms with Crippen LogP contribution in [0.25, 0.3) is 11.3 Å². The molecule has 3 aromatic rings. The van der Waals surface area contributed by atoms with Crippen LogP contribution in [-0.2, 0) is 29.0 Å². The topological polar surface area (TPSA) is 54.5 Å². The van der Waals surface area contributed by atoms with Crippen molar-refractivity contribution in [3.63, 3.8) is 0 Å². The Morgan fingerprint density at radius 2 is 1.84 bits per heavy atom. The van der Waals surface area contributed by atoms with Gasteiger partial charge in [0.15, 0.2) is 0 Å². The molecule has 0 atom stereocenters. The van der Waals surface area contributed by atoms with E-state index < -0.39 is 0 Å². The van der Waals surface area contributed by atoms with E-state index in [4.69, 9.17) is 4.74 Å². The molecule has 0 spiro atoms. The molecule has 162 valence electrons. The number of ether oxygens (including phenoxy) is 1. The van der Waals surface area contributed by atoms with Gasteiger partial charge in [0.05, 0.1) is 5.57 Å². The predicted octanol–water partition coefficient (Wildman–Crippen LogP) is 4.54. The van der Waals surface area contributed by atoms with Crippen molar-refractivity contribution in [1.82, 2.24) is 9.88 Å². The van der Waals surface area contributed by atoms with Gasteiger partial charge in [-0.05, 0) is 36.7 Å². The number of pyridine rings is 1. The molecule has 0 saturated heterocycles. The summed E-state index contributed by atoms with van der Waals surface area (Å²) in [5.41, 5.74) is 7.01. The summed E-state index contributed by atoms with van der Waals surface area (Å²) in [5, 5.41) is 2.94. The van der Waals surface area contributed by atoms with E-state index in [1.54, 1.807) is 0 Å². The maximum absolute atomic E-state index is 12.6. The first kappa shape index (κ1) is 20.5. The number of fused-ring (bicyclic) bond motifs is 2. The summed E-state index contributed by atoms with van der Waals surface area (Å²) >= 11 is 0. The zero-order valence-corrected chi connectivity index (χ0v) is 18.3. The smallest absolute Gasteiger partial charge is 0.260 e. The van der Waals surface area contributed by atoms with E-state index in [-0.39, 0.29) is 5.91 Å². The molecule has 0 fully saturated rings. The van der Waals surface area contributed by atoms with E-state index in [2.05, 4.69) is 46.4 Å². The number of amides is 1. The SMILES string of the molecule is CCN(CCc1ccc2c(c1)COC2=C1C(=O)Nc2ccccc21)CCc1ccccn1. The first-order valence-corrected chi connectivity index (χ1v) is 11.2. The number of rotatable bonds is 7. The van der Waals surface area contributed by atoms with Crippen molar-refractivity contribution >= 4 is 22.9 Å². The van der Waals surface area contributed by atoms with Crippen LogP contribution in [0.4, 0.5) is 5.69 Å². The number of hydrogen-bond acceptors (Lipinski definition) is 4. The van der Waals surface area contributed by atoms with Crippen LogP contribution in [-0.4, -0.2) is 35.4 Å². The molecule has 32 heavy (non-hydrogen) atoms. The van der Waals surface area contributed by atoms with E-state index in [0.717, 1.165) is 60.5 Å². The average molecular weight is 426 g/mol. The Morgan fingerprint density at radius 3 is 2.69 bits per heavy atom. The van der Waals surface area contributed by atoms with Crippen LogP contribution in [0.2, 0.25) is 0 Å². The number of para-hydroxylation sites is 1. The van der Waals surface area contributed by atoms with E-state index >= 15 is 0 Å². The van der Waals surface area contributed by atoms with E-state index in [0.29, 0.717) is 17.9 Å². The Hall–Kier alpha value is -3.44. The highest BCUT2D eigenvalue weighted by Crippen LogP contribution is 2.41. The second-order valence-corrected chi connectivity index (χ2v) is 8.24. The summed E-state index contributed by atoms with van der Waals surface area (Å²) in [7, 11) is 0. The second-order valence-electron chi connectivity index (χ2n) is 8.24. The zero-order valence-electron chi connectivity index (χ0n) is 18.3. The maximum atomic E-state index is 12.6. The van der Waals surface area contributed by atoms with Gasteiger partial charge in [0.2, 0.25) is 0 Å². The number of nitrogens with zero attached hydrogens (tertiary/aromatic N) is 2. The molecule has 0 unspecified atom stereocenters. The molecule has 5 nitrogen and oxygen atoms in total. The molecule has 5 rings (SSSR count). The summed E-state index contributed by atoms with van der Waals surface area (Å²) in [6.45, 7) is 5.75. The molecule has 1 amide bonds. The average Bonchev–Trinajstić information content (AvgIpc) is 3.39. The zero-order chi connectivity index (χ0) is 21.9. The van der Waals surface area contributed by atoms with Crippen LogP contribution in [0.1, 0.15) is 34.9 Å². The van der Waals surface area contributed by atoms with Gasteiger partial charge in [0.1, 0.15) is 12.4 Å². The van der Waals surface area contributed by atoms with Crippen LogP contribution in [0.15, 0.2) is 66.9 Å². The van der Waals surface area contributed by atoms with Gasteiger partial charge in [0.25, 0.3) is 5.91 Å². The fourth-order valence-corrected chi connectivity index (χ4v) is 4.45. The minimum atomic E-state index is -0.0929. The number of aromatic nitrogens is 1. The Balaban J connectivity index is 1.29. The molecular weight excluding hydrogens is 398 g/mol. The highest BCUT2D eigenvalue weighted by Gasteiger charge is 2.32. The summed E-state index contributed by atoms with van der Waals surface area (Å²) in [6, 6.07) is 20.4. The third-order valence-electron chi connectivity index (χ3n) is 6.26. The largest absolute Gasteiger partial charge is 0.487 e. The first-order chi connectivity index (χ1) is 15.7. The number of benzene rings is 2. The third kappa shape index (κ3) is 4.04. The summed E-state index contributed by atoms with van der Waals surface area (Å²) in [6.07, 6.45) is 3.81. The van der Waals surface area contributed by atoms with E-state index in [1.807, 2.05) is 42.6 Å². The number of anilines is 1. The monoisotopic (exact) mass is 425 g/mol. The molecule has 1 N–H and O–H groups in total. The normalized spacial score (nSPS) is 16.6. The standard InChI is InChI=1S/C27H27N3O2/c1-2-30(16-13-21-7-5-6-14-28-21)15-12-19-10-11-22-20(17-19)18-32-26(22)25-23-8-3-4-9-24(23)29-27(25)31/h3-11,14,17H,2,12-13,15-16,18H2,1H3,(H,29,31). The fourth-order valence-electron chi connectivity index (χ4n) is 4.45. The number of nitrogens with one attached hydrogen (secondary N) is 1. The Bertz CT molecular complexity index is 1170. The molecule has 2 aromatic carbocycles. The Kier molecular flexibility index (Phi) is 5.73. The van der Waals surface area contributed by atoms with Crippen molar-refractivity contribution in [2.24, 2.45) is 0 Å². The van der Waals surface area contributed by atoms with Gasteiger partial charge in [-0.3, -0.25) is 9.78 Å². The van der Waals surface area contributed by atoms with Crippen molar-refractivity contribution in [2.75, 3.05) is 25.0 Å². The Labute approximate surface area is 188 Å². The van der Waals surface area contributed by atoms with Crippen molar-refractivity contribution in [1.29, 1.82) is 0 Å². The van der Waals surface area contributed by atoms with E-state index in [1.165, 1.54) is 5.56 Å². The lowest BCUT2D eigenvalue weighted by Gasteiger charge is -2.20. The lowest BCUT2D eigenvalue weighted by molar-refractivity contribution is -0.110. The summed E-state index contributed by atoms with van der Waals surface area (Å²) in [4.78, 5) is 19.5. The quantitative estimate of drug-likeness (QED) is 0.565. The van der Waals surface area contributed by atoms with Gasteiger partial charge < -0.3 is 15.0 Å². The molecule has 2 aliphatic rings. The molecule has 0 aliphatic carbocycles. The Morgan fingerprint density at radius 1 is 1.00 bits per heavy atom. The molecule has 0 bridgehead atoms. The van der Waals surface area contributed by atoms with Gasteiger partial charge in [0, 0.05) is 53.8 Å². The van der Waals surface area contributed by atoms with E-state index in [9.17, 15) is 4.79 Å². The molecular formula is C27H27N3O2. The minimum absolute atomic E-state index is 0.0929. The van der Waals surface area contributed by atoms with Crippen LogP contribution < -0.4 is 5.32 Å². The highest BCUT2D eigenvalue weighted by molar-refractivity contribution is 6.36. The van der Waals surface area contributed by atoms with Crippen molar-refractivity contribution in [3.05, 3.63) is 94.8 Å². The molecule has 1 aromatic heterocycles. The molecule has 0 radical (unpaired) electrons. The van der Waals surface area contributed by atoms with Crippen molar-refractivity contribution in [2.45, 2.75) is 26.4 Å². The molecule has 5 heteroatoms. The molecule has 2 aliphatic heterocycles. The predicted molar refractivity (Wildman–Crippen MR) is 127 cm³/mol. The minimum Gasteiger partial charge on any atom is -0.487 e. The van der Waals surface area contributed by atoms with Crippen LogP contribution in [0.3, 0.4) is 0 Å². The highest BCUT2D eigenvalue weighted by atomic mass is 16.5. The van der Waals surface area contributed by atoms with Gasteiger partial charge >= 0.3 is 0 Å². The number of hydrogen-bond donors (Lipinski definition) is 1. The lowest BCUT2D eigenvalue weighted by atomic mass is 9.98. The van der Waals surface area contributed by atoms with Gasteiger partial charge in [-0.15, -0.1) is 0 Å². The maximum Gasteiger partial charge on any atom is 0.260 e. The molecule has 3 heterocycles. The summed E-state index contributed by atoms with van der Waals surface area (Å²) < 4.78 is 6.03. The number of carbonyl (C=O) groups excluding carboxylic acids is 1. The second kappa shape index (κ2) is 8.97. The lowest BCUT2D eigenvalue weighted by Crippen LogP contribution is -2.28. The van der Waals surface area contributed by atoms with Crippen molar-refractivity contribution < 1.29 is 9.53 Å². The number of likely N-dealkylation sites (N-methyl/N-ethyl adjacent to an activating group) is 1. The molecule has 0 saturated carbocycles. The van der Waals surface area contributed by atoms with Gasteiger partial charge in [-0.25, -0.2) is 0 Å². The van der Waals surface area contributed by atoms with Crippen molar-refractivity contribution in [3.8, 4) is 0 Å². The first-order valence-electron chi connectivity index (χ1n) is 11.2. The fraction of sp³-hybridized carbons (Fsp3) is 0.259. The van der Waals surface area contributed by atoms with Crippen LogP contribution >= 0.6 is 0 Å². The van der Waals surface area contributed by atoms with Crippen LogP contribution in [0, 0.1) is 0 Å². The third-order valence-corrected chi connectivity index (χ3v) is 6.26. The van der Waals surface area contributed by atoms with Gasteiger partial charge in [-0.2, -0.15) is 0 Å².